The van der Waals surface area contributed by atoms with Crippen LogP contribution < -0.4 is 27.8 Å². The van der Waals surface area contributed by atoms with E-state index in [0.717, 1.165) is 0 Å². The molecular formula is C22H28N6O4. The summed E-state index contributed by atoms with van der Waals surface area (Å²) in [6.07, 6.45) is 0.797. The Balaban J connectivity index is 2.13. The van der Waals surface area contributed by atoms with Crippen molar-refractivity contribution in [2.75, 3.05) is 6.54 Å². The summed E-state index contributed by atoms with van der Waals surface area (Å²) < 4.78 is 0. The third-order valence-corrected chi connectivity index (χ3v) is 4.64. The number of phenolic OH excluding ortho intramolecular Hbond substituents is 1. The molecule has 0 saturated heterocycles. The van der Waals surface area contributed by atoms with Crippen molar-refractivity contribution in [2.45, 2.75) is 31.3 Å². The second kappa shape index (κ2) is 11.9. The highest BCUT2D eigenvalue weighted by Crippen LogP contribution is 2.12. The first kappa shape index (κ1) is 24.2. The fraction of sp³-hybridized carbons (Fsp3) is 0.273. The van der Waals surface area contributed by atoms with Gasteiger partial charge in [-0.3, -0.25) is 19.4 Å². The van der Waals surface area contributed by atoms with Crippen LogP contribution in [0.2, 0.25) is 0 Å². The molecule has 10 heteroatoms. The third kappa shape index (κ3) is 7.98. The largest absolute Gasteiger partial charge is 0.508 e. The summed E-state index contributed by atoms with van der Waals surface area (Å²) in [5.74, 6) is -1.69. The van der Waals surface area contributed by atoms with Gasteiger partial charge in [-0.1, -0.05) is 30.3 Å². The summed E-state index contributed by atoms with van der Waals surface area (Å²) >= 11 is 0. The number of carbonyl (C=O) groups is 3. The normalized spacial score (nSPS) is 12.2. The summed E-state index contributed by atoms with van der Waals surface area (Å²) in [7, 11) is 0. The van der Waals surface area contributed by atoms with Gasteiger partial charge in [0.1, 0.15) is 17.8 Å². The smallest absolute Gasteiger partial charge is 0.251 e. The standard InChI is InChI=1S/C22H28N6O4/c23-19(30)17(7-4-12-26-22(24)25)27-21(32)18(13-14-8-10-16(29)11-9-14)28-20(31)15-5-2-1-3-6-15/h1-3,5-6,8-11,17-18,29H,4,7,12-13H2,(H2,23,30)(H,27,32)(H,28,31)(H4,24,25,26)/t17-,18-/m0/s1. The molecule has 32 heavy (non-hydrogen) atoms. The van der Waals surface area contributed by atoms with Crippen molar-refractivity contribution in [1.82, 2.24) is 10.6 Å². The molecule has 0 aliphatic heterocycles. The quantitative estimate of drug-likeness (QED) is 0.159. The van der Waals surface area contributed by atoms with E-state index in [4.69, 9.17) is 17.2 Å². The summed E-state index contributed by atoms with van der Waals surface area (Å²) in [5, 5.41) is 14.8. The summed E-state index contributed by atoms with van der Waals surface area (Å²) in [5.41, 5.74) is 17.1. The second-order valence-corrected chi connectivity index (χ2v) is 7.18. The third-order valence-electron chi connectivity index (χ3n) is 4.64. The van der Waals surface area contributed by atoms with Gasteiger partial charge in [-0.15, -0.1) is 0 Å². The van der Waals surface area contributed by atoms with Gasteiger partial charge < -0.3 is 32.9 Å². The van der Waals surface area contributed by atoms with Crippen molar-refractivity contribution in [3.8, 4) is 5.75 Å². The van der Waals surface area contributed by atoms with E-state index >= 15 is 0 Å². The average Bonchev–Trinajstić information content (AvgIpc) is 2.76. The maximum atomic E-state index is 13.0. The minimum Gasteiger partial charge on any atom is -0.508 e. The fourth-order valence-electron chi connectivity index (χ4n) is 2.97. The molecule has 170 valence electrons. The van der Waals surface area contributed by atoms with Crippen LogP contribution in [0.1, 0.15) is 28.8 Å². The number of nitrogens with two attached hydrogens (primary N) is 3. The molecule has 0 saturated carbocycles. The number of phenols is 1. The Morgan fingerprint density at radius 3 is 2.16 bits per heavy atom. The summed E-state index contributed by atoms with van der Waals surface area (Å²) in [4.78, 5) is 41.3. The van der Waals surface area contributed by atoms with Crippen LogP contribution in [0.4, 0.5) is 0 Å². The number of amides is 3. The van der Waals surface area contributed by atoms with Crippen molar-refractivity contribution in [3.63, 3.8) is 0 Å². The number of hydrogen-bond acceptors (Lipinski definition) is 5. The molecule has 0 heterocycles. The number of guanidine groups is 1. The lowest BCUT2D eigenvalue weighted by Gasteiger charge is -2.22. The average molecular weight is 441 g/mol. The van der Waals surface area contributed by atoms with Crippen molar-refractivity contribution >= 4 is 23.7 Å². The molecule has 2 aromatic rings. The zero-order valence-electron chi connectivity index (χ0n) is 17.5. The van der Waals surface area contributed by atoms with Crippen molar-refractivity contribution in [2.24, 2.45) is 22.2 Å². The first-order chi connectivity index (χ1) is 15.3. The topological polar surface area (TPSA) is 186 Å². The molecule has 0 unspecified atom stereocenters. The Morgan fingerprint density at radius 2 is 1.56 bits per heavy atom. The van der Waals surface area contributed by atoms with Crippen molar-refractivity contribution in [1.29, 1.82) is 0 Å². The fourth-order valence-corrected chi connectivity index (χ4v) is 2.97. The molecule has 0 aliphatic rings. The molecule has 2 rings (SSSR count). The second-order valence-electron chi connectivity index (χ2n) is 7.18. The minimum absolute atomic E-state index is 0.0674. The van der Waals surface area contributed by atoms with Crippen LogP contribution in [0.5, 0.6) is 5.75 Å². The Labute approximate surface area is 185 Å². The van der Waals surface area contributed by atoms with E-state index in [2.05, 4.69) is 15.6 Å². The lowest BCUT2D eigenvalue weighted by Crippen LogP contribution is -2.53. The molecule has 3 amide bonds. The first-order valence-electron chi connectivity index (χ1n) is 10.0. The molecule has 2 atom stereocenters. The SMILES string of the molecule is NC(=O)[C@H](CCCN=C(N)N)NC(=O)[C@H](Cc1ccc(O)cc1)NC(=O)c1ccccc1. The molecule has 9 N–H and O–H groups in total. The maximum absolute atomic E-state index is 13.0. The zero-order valence-corrected chi connectivity index (χ0v) is 17.5. The van der Waals surface area contributed by atoms with Gasteiger partial charge in [0.2, 0.25) is 11.8 Å². The number of aromatic hydroxyl groups is 1. The van der Waals surface area contributed by atoms with Gasteiger partial charge in [0, 0.05) is 18.5 Å². The maximum Gasteiger partial charge on any atom is 0.251 e. The van der Waals surface area contributed by atoms with Crippen LogP contribution in [0.3, 0.4) is 0 Å². The van der Waals surface area contributed by atoms with E-state index in [0.29, 0.717) is 17.5 Å². The van der Waals surface area contributed by atoms with E-state index in [1.807, 2.05) is 0 Å². The predicted molar refractivity (Wildman–Crippen MR) is 121 cm³/mol. The zero-order chi connectivity index (χ0) is 23.5. The van der Waals surface area contributed by atoms with E-state index in [9.17, 15) is 19.5 Å². The van der Waals surface area contributed by atoms with Crippen molar-refractivity contribution in [3.05, 3.63) is 65.7 Å². The molecule has 0 spiro atoms. The highest BCUT2D eigenvalue weighted by Gasteiger charge is 2.26. The van der Waals surface area contributed by atoms with E-state index in [1.54, 1.807) is 42.5 Å². The number of aliphatic imine (C=N–C) groups is 1. The number of carbonyl (C=O) groups excluding carboxylic acids is 3. The lowest BCUT2D eigenvalue weighted by atomic mass is 10.0. The first-order valence-corrected chi connectivity index (χ1v) is 10.0. The number of hydrogen-bond donors (Lipinski definition) is 6. The van der Waals surface area contributed by atoms with Crippen LogP contribution >= 0.6 is 0 Å². The lowest BCUT2D eigenvalue weighted by molar-refractivity contribution is -0.128. The molecule has 0 aliphatic carbocycles. The van der Waals surface area contributed by atoms with Crippen LogP contribution in [-0.4, -0.2) is 47.4 Å². The van der Waals surface area contributed by atoms with E-state index in [-0.39, 0.29) is 31.1 Å². The highest BCUT2D eigenvalue weighted by molar-refractivity contribution is 5.98. The predicted octanol–water partition coefficient (Wildman–Crippen LogP) is -0.243. The number of benzene rings is 2. The number of nitrogens with zero attached hydrogens (tertiary/aromatic N) is 1. The number of primary amides is 1. The molecule has 0 bridgehead atoms. The minimum atomic E-state index is -0.980. The monoisotopic (exact) mass is 440 g/mol. The van der Waals surface area contributed by atoms with Gasteiger partial charge in [-0.25, -0.2) is 0 Å². The number of rotatable bonds is 11. The molecular weight excluding hydrogens is 412 g/mol. The van der Waals surface area contributed by atoms with Crippen LogP contribution in [-0.2, 0) is 16.0 Å². The summed E-state index contributed by atoms with van der Waals surface area (Å²) in [6, 6.07) is 12.8. The number of nitrogens with one attached hydrogen (secondary N) is 2. The van der Waals surface area contributed by atoms with Gasteiger partial charge in [-0.05, 0) is 42.7 Å². The Hall–Kier alpha value is -4.08. The van der Waals surface area contributed by atoms with Gasteiger partial charge in [0.15, 0.2) is 5.96 Å². The van der Waals surface area contributed by atoms with Gasteiger partial charge in [0.05, 0.1) is 0 Å². The molecule has 2 aromatic carbocycles. The Bertz CT molecular complexity index is 943. The molecule has 0 aromatic heterocycles. The van der Waals surface area contributed by atoms with Crippen molar-refractivity contribution < 1.29 is 19.5 Å². The molecule has 0 radical (unpaired) electrons. The Morgan fingerprint density at radius 1 is 0.906 bits per heavy atom. The van der Waals surface area contributed by atoms with Gasteiger partial charge in [-0.2, -0.15) is 0 Å². The molecule has 0 fully saturated rings. The van der Waals surface area contributed by atoms with Crippen LogP contribution in [0.25, 0.3) is 0 Å². The van der Waals surface area contributed by atoms with Gasteiger partial charge >= 0.3 is 0 Å². The Kier molecular flexibility index (Phi) is 9.03. The van der Waals surface area contributed by atoms with Crippen LogP contribution in [0.15, 0.2) is 59.6 Å². The molecule has 10 nitrogen and oxygen atoms in total. The summed E-state index contributed by atoms with van der Waals surface area (Å²) in [6.45, 7) is 0.281. The van der Waals surface area contributed by atoms with Gasteiger partial charge in [0.25, 0.3) is 5.91 Å². The highest BCUT2D eigenvalue weighted by atomic mass is 16.3. The van der Waals surface area contributed by atoms with Crippen LogP contribution in [0, 0.1) is 0 Å². The van der Waals surface area contributed by atoms with E-state index in [1.165, 1.54) is 12.1 Å². The van der Waals surface area contributed by atoms with E-state index < -0.39 is 29.8 Å².